The van der Waals surface area contributed by atoms with Crippen molar-refractivity contribution in [1.29, 1.82) is 0 Å². The molecule has 1 N–H and O–H groups in total. The van der Waals surface area contributed by atoms with Crippen LogP contribution in [0.2, 0.25) is 0 Å². The number of rotatable bonds is 5. The first-order valence-electron chi connectivity index (χ1n) is 9.07. The molecular formula is C18H37N3. The SMILES string of the molecule is CNC1CCC(C(C)C)CC1CN(C)C1CCN(C)CC1. The van der Waals surface area contributed by atoms with Gasteiger partial charge in [0.2, 0.25) is 0 Å². The summed E-state index contributed by atoms with van der Waals surface area (Å²) in [5.41, 5.74) is 0. The zero-order valence-corrected chi connectivity index (χ0v) is 14.9. The summed E-state index contributed by atoms with van der Waals surface area (Å²) in [6.07, 6.45) is 6.89. The lowest BCUT2D eigenvalue weighted by molar-refractivity contribution is 0.0900. The number of nitrogens with one attached hydrogen (secondary N) is 1. The second kappa shape index (κ2) is 7.94. The second-order valence-corrected chi connectivity index (χ2v) is 7.95. The van der Waals surface area contributed by atoms with E-state index in [1.807, 2.05) is 0 Å². The minimum absolute atomic E-state index is 0.730. The lowest BCUT2D eigenvalue weighted by Gasteiger charge is -2.42. The van der Waals surface area contributed by atoms with E-state index in [2.05, 4.69) is 50.1 Å². The highest BCUT2D eigenvalue weighted by Gasteiger charge is 2.33. The van der Waals surface area contributed by atoms with E-state index in [9.17, 15) is 0 Å². The monoisotopic (exact) mass is 295 g/mol. The summed E-state index contributed by atoms with van der Waals surface area (Å²) in [6, 6.07) is 1.53. The summed E-state index contributed by atoms with van der Waals surface area (Å²) in [7, 11) is 6.77. The van der Waals surface area contributed by atoms with Crippen molar-refractivity contribution in [3.05, 3.63) is 0 Å². The maximum Gasteiger partial charge on any atom is 0.0117 e. The van der Waals surface area contributed by atoms with Gasteiger partial charge in [0.1, 0.15) is 0 Å². The summed E-state index contributed by atoms with van der Waals surface area (Å²) in [5.74, 6) is 2.62. The zero-order chi connectivity index (χ0) is 15.4. The molecule has 3 nitrogen and oxygen atoms in total. The molecule has 0 radical (unpaired) electrons. The molecule has 0 aromatic rings. The molecule has 0 aromatic heterocycles. The van der Waals surface area contributed by atoms with Crippen molar-refractivity contribution in [3.63, 3.8) is 0 Å². The van der Waals surface area contributed by atoms with Gasteiger partial charge in [-0.1, -0.05) is 13.8 Å². The quantitative estimate of drug-likeness (QED) is 0.841. The molecule has 2 aliphatic rings. The Morgan fingerprint density at radius 2 is 1.81 bits per heavy atom. The fourth-order valence-corrected chi connectivity index (χ4v) is 4.44. The topological polar surface area (TPSA) is 18.5 Å². The molecule has 0 aromatic carbocycles. The van der Waals surface area contributed by atoms with Crippen LogP contribution in [-0.4, -0.2) is 62.7 Å². The van der Waals surface area contributed by atoms with E-state index in [0.717, 1.165) is 29.8 Å². The lowest BCUT2D eigenvalue weighted by atomic mass is 9.73. The predicted molar refractivity (Wildman–Crippen MR) is 91.7 cm³/mol. The van der Waals surface area contributed by atoms with Gasteiger partial charge in [-0.25, -0.2) is 0 Å². The molecule has 0 amide bonds. The van der Waals surface area contributed by atoms with Crippen LogP contribution in [0.1, 0.15) is 46.0 Å². The minimum Gasteiger partial charge on any atom is -0.317 e. The average molecular weight is 296 g/mol. The van der Waals surface area contributed by atoms with Crippen molar-refractivity contribution in [1.82, 2.24) is 15.1 Å². The van der Waals surface area contributed by atoms with Gasteiger partial charge in [-0.05, 0) is 84.1 Å². The van der Waals surface area contributed by atoms with Crippen molar-refractivity contribution in [2.24, 2.45) is 17.8 Å². The maximum absolute atomic E-state index is 3.59. The van der Waals surface area contributed by atoms with Crippen molar-refractivity contribution in [2.75, 3.05) is 40.8 Å². The van der Waals surface area contributed by atoms with Crippen molar-refractivity contribution < 1.29 is 0 Å². The Morgan fingerprint density at radius 1 is 1.14 bits per heavy atom. The van der Waals surface area contributed by atoms with Crippen LogP contribution in [0.3, 0.4) is 0 Å². The normalized spacial score (nSPS) is 33.0. The molecule has 3 unspecified atom stereocenters. The van der Waals surface area contributed by atoms with Crippen LogP contribution in [0.5, 0.6) is 0 Å². The summed E-state index contributed by atoms with van der Waals surface area (Å²) in [4.78, 5) is 5.14. The molecule has 3 atom stereocenters. The van der Waals surface area contributed by atoms with E-state index in [0.29, 0.717) is 0 Å². The Hall–Kier alpha value is -0.120. The van der Waals surface area contributed by atoms with E-state index >= 15 is 0 Å². The molecular weight excluding hydrogens is 258 g/mol. The highest BCUT2D eigenvalue weighted by molar-refractivity contribution is 4.88. The van der Waals surface area contributed by atoms with Gasteiger partial charge in [0.25, 0.3) is 0 Å². The molecule has 1 saturated heterocycles. The van der Waals surface area contributed by atoms with Crippen LogP contribution in [-0.2, 0) is 0 Å². The summed E-state index contributed by atoms with van der Waals surface area (Å²) >= 11 is 0. The zero-order valence-electron chi connectivity index (χ0n) is 14.9. The van der Waals surface area contributed by atoms with Crippen molar-refractivity contribution >= 4 is 0 Å². The van der Waals surface area contributed by atoms with Crippen molar-refractivity contribution in [2.45, 2.75) is 58.0 Å². The van der Waals surface area contributed by atoms with E-state index < -0.39 is 0 Å². The number of piperidine rings is 1. The number of hydrogen-bond donors (Lipinski definition) is 1. The van der Waals surface area contributed by atoms with E-state index in [4.69, 9.17) is 0 Å². The van der Waals surface area contributed by atoms with Crippen LogP contribution in [0.25, 0.3) is 0 Å². The second-order valence-electron chi connectivity index (χ2n) is 7.95. The molecule has 1 aliphatic heterocycles. The molecule has 2 rings (SSSR count). The van der Waals surface area contributed by atoms with Gasteiger partial charge in [-0.2, -0.15) is 0 Å². The van der Waals surface area contributed by atoms with E-state index in [1.165, 1.54) is 51.7 Å². The molecule has 0 bridgehead atoms. The van der Waals surface area contributed by atoms with Gasteiger partial charge in [-0.15, -0.1) is 0 Å². The number of hydrogen-bond acceptors (Lipinski definition) is 3. The van der Waals surface area contributed by atoms with Gasteiger partial charge in [-0.3, -0.25) is 0 Å². The highest BCUT2D eigenvalue weighted by Crippen LogP contribution is 2.34. The fourth-order valence-electron chi connectivity index (χ4n) is 4.44. The molecule has 21 heavy (non-hydrogen) atoms. The largest absolute Gasteiger partial charge is 0.317 e. The Balaban J connectivity index is 1.88. The van der Waals surface area contributed by atoms with Gasteiger partial charge >= 0.3 is 0 Å². The van der Waals surface area contributed by atoms with Crippen LogP contribution in [0.4, 0.5) is 0 Å². The summed E-state index contributed by atoms with van der Waals surface area (Å²) in [5, 5.41) is 3.59. The van der Waals surface area contributed by atoms with Gasteiger partial charge in [0.15, 0.2) is 0 Å². The highest BCUT2D eigenvalue weighted by atomic mass is 15.2. The number of nitrogens with zero attached hydrogens (tertiary/aromatic N) is 2. The lowest BCUT2D eigenvalue weighted by Crippen LogP contribution is -2.48. The Kier molecular flexibility index (Phi) is 6.51. The van der Waals surface area contributed by atoms with Gasteiger partial charge in [0.05, 0.1) is 0 Å². The van der Waals surface area contributed by atoms with Gasteiger partial charge < -0.3 is 15.1 Å². The Morgan fingerprint density at radius 3 is 2.38 bits per heavy atom. The first kappa shape index (κ1) is 17.2. The fraction of sp³-hybridized carbons (Fsp3) is 1.00. The van der Waals surface area contributed by atoms with Crippen LogP contribution in [0.15, 0.2) is 0 Å². The molecule has 2 fully saturated rings. The molecule has 3 heteroatoms. The smallest absolute Gasteiger partial charge is 0.0117 e. The third-order valence-electron chi connectivity index (χ3n) is 6.17. The van der Waals surface area contributed by atoms with E-state index in [-0.39, 0.29) is 0 Å². The third kappa shape index (κ3) is 4.67. The maximum atomic E-state index is 3.59. The summed E-state index contributed by atoms with van der Waals surface area (Å²) in [6.45, 7) is 8.63. The first-order chi connectivity index (χ1) is 10.0. The summed E-state index contributed by atoms with van der Waals surface area (Å²) < 4.78 is 0. The Bertz CT molecular complexity index is 297. The van der Waals surface area contributed by atoms with Crippen molar-refractivity contribution in [3.8, 4) is 0 Å². The Labute approximate surface area is 132 Å². The van der Waals surface area contributed by atoms with Crippen LogP contribution >= 0.6 is 0 Å². The molecule has 1 saturated carbocycles. The molecule has 1 aliphatic carbocycles. The first-order valence-corrected chi connectivity index (χ1v) is 9.07. The number of likely N-dealkylation sites (tertiary alicyclic amines) is 1. The average Bonchev–Trinajstić information content (AvgIpc) is 2.47. The molecule has 1 heterocycles. The molecule has 124 valence electrons. The predicted octanol–water partition coefficient (Wildman–Crippen LogP) is 2.67. The van der Waals surface area contributed by atoms with Crippen LogP contribution in [0, 0.1) is 17.8 Å². The minimum atomic E-state index is 0.730. The molecule has 0 spiro atoms. The van der Waals surface area contributed by atoms with Crippen LogP contribution < -0.4 is 5.32 Å². The van der Waals surface area contributed by atoms with Gasteiger partial charge in [0, 0.05) is 18.6 Å². The third-order valence-corrected chi connectivity index (χ3v) is 6.17. The standard InChI is InChI=1S/C18H37N3/c1-14(2)15-6-7-18(19-3)16(12-15)13-21(5)17-8-10-20(4)11-9-17/h14-19H,6-13H2,1-5H3. The van der Waals surface area contributed by atoms with E-state index in [1.54, 1.807) is 0 Å².